The van der Waals surface area contributed by atoms with Gasteiger partial charge < -0.3 is 10.0 Å². The van der Waals surface area contributed by atoms with Crippen molar-refractivity contribution < 1.29 is 9.90 Å². The highest BCUT2D eigenvalue weighted by atomic mass is 16.2. The first kappa shape index (κ1) is 13.6. The fraction of sp³-hybridized carbons (Fsp3) is 0.438. The highest BCUT2D eigenvalue weighted by Crippen LogP contribution is 2.16. The number of benzene rings is 1. The van der Waals surface area contributed by atoms with Gasteiger partial charge in [0.05, 0.1) is 0 Å². The van der Waals surface area contributed by atoms with Crippen LogP contribution in [0.15, 0.2) is 18.2 Å². The number of hydrogen-bond donors (Lipinski definition) is 1. The molecule has 0 aromatic heterocycles. The summed E-state index contributed by atoms with van der Waals surface area (Å²) in [5.74, 6) is 5.63. The topological polar surface area (TPSA) is 40.5 Å². The van der Waals surface area contributed by atoms with E-state index < -0.39 is 0 Å². The average Bonchev–Trinajstić information content (AvgIpc) is 2.46. The molecule has 1 aromatic rings. The van der Waals surface area contributed by atoms with Crippen molar-refractivity contribution in [1.82, 2.24) is 4.90 Å². The molecule has 1 aromatic carbocycles. The maximum absolute atomic E-state index is 12.3. The van der Waals surface area contributed by atoms with Crippen LogP contribution >= 0.6 is 0 Å². The molecule has 0 spiro atoms. The lowest BCUT2D eigenvalue weighted by molar-refractivity contribution is 0.0724. The molecule has 0 saturated carbocycles. The van der Waals surface area contributed by atoms with E-state index >= 15 is 0 Å². The highest BCUT2D eigenvalue weighted by molar-refractivity contribution is 5.94. The zero-order valence-corrected chi connectivity index (χ0v) is 11.3. The number of aryl methyl sites for hydroxylation is 1. The SMILES string of the molecule is Cc1cc(C(=O)N2CCCCC2)ccc1C#CCO. The normalized spacial score (nSPS) is 14.7. The minimum absolute atomic E-state index is 0.115. The van der Waals surface area contributed by atoms with E-state index in [2.05, 4.69) is 11.8 Å². The van der Waals surface area contributed by atoms with Gasteiger partial charge in [0.25, 0.3) is 5.91 Å². The molecule has 0 unspecified atom stereocenters. The van der Waals surface area contributed by atoms with Crippen molar-refractivity contribution in [1.29, 1.82) is 0 Å². The number of aliphatic hydroxyl groups is 1. The molecule has 1 heterocycles. The molecule has 1 saturated heterocycles. The Bertz CT molecular complexity index is 519. The first-order valence-corrected chi connectivity index (χ1v) is 6.72. The Morgan fingerprint density at radius 1 is 1.32 bits per heavy atom. The first-order valence-electron chi connectivity index (χ1n) is 6.72. The van der Waals surface area contributed by atoms with Crippen molar-refractivity contribution in [3.63, 3.8) is 0 Å². The van der Waals surface area contributed by atoms with Gasteiger partial charge in [-0.25, -0.2) is 0 Å². The van der Waals surface area contributed by atoms with Gasteiger partial charge in [0.2, 0.25) is 0 Å². The molecule has 3 nitrogen and oxygen atoms in total. The molecule has 1 amide bonds. The number of nitrogens with zero attached hydrogens (tertiary/aromatic N) is 1. The molecule has 1 N–H and O–H groups in total. The predicted molar refractivity (Wildman–Crippen MR) is 74.9 cm³/mol. The van der Waals surface area contributed by atoms with E-state index in [0.29, 0.717) is 0 Å². The van der Waals surface area contributed by atoms with Crippen LogP contribution in [0.4, 0.5) is 0 Å². The van der Waals surface area contributed by atoms with E-state index in [1.54, 1.807) is 0 Å². The summed E-state index contributed by atoms with van der Waals surface area (Å²) >= 11 is 0. The van der Waals surface area contributed by atoms with E-state index in [0.717, 1.165) is 42.6 Å². The van der Waals surface area contributed by atoms with Crippen LogP contribution in [-0.2, 0) is 0 Å². The number of likely N-dealkylation sites (tertiary alicyclic amines) is 1. The van der Waals surface area contributed by atoms with E-state index in [1.165, 1.54) is 6.42 Å². The van der Waals surface area contributed by atoms with Gasteiger partial charge in [0.15, 0.2) is 0 Å². The second-order valence-corrected chi connectivity index (χ2v) is 4.84. The van der Waals surface area contributed by atoms with Crippen LogP contribution in [0.5, 0.6) is 0 Å². The number of carbonyl (C=O) groups is 1. The van der Waals surface area contributed by atoms with Crippen molar-refractivity contribution >= 4 is 5.91 Å². The molecule has 100 valence electrons. The Hall–Kier alpha value is -1.79. The van der Waals surface area contributed by atoms with Crippen LogP contribution in [0, 0.1) is 18.8 Å². The monoisotopic (exact) mass is 257 g/mol. The van der Waals surface area contributed by atoms with E-state index in [1.807, 2.05) is 30.0 Å². The van der Waals surface area contributed by atoms with E-state index in [-0.39, 0.29) is 12.5 Å². The molecule has 0 bridgehead atoms. The van der Waals surface area contributed by atoms with Crippen LogP contribution < -0.4 is 0 Å². The fourth-order valence-electron chi connectivity index (χ4n) is 2.35. The van der Waals surface area contributed by atoms with Crippen LogP contribution in [-0.4, -0.2) is 35.6 Å². The second-order valence-electron chi connectivity index (χ2n) is 4.84. The number of aliphatic hydroxyl groups excluding tert-OH is 1. The summed E-state index contributed by atoms with van der Waals surface area (Å²) in [6.07, 6.45) is 3.42. The third kappa shape index (κ3) is 3.36. The van der Waals surface area contributed by atoms with Crippen molar-refractivity contribution in [2.24, 2.45) is 0 Å². The molecule has 1 aliphatic heterocycles. The Morgan fingerprint density at radius 3 is 2.68 bits per heavy atom. The number of carbonyl (C=O) groups excluding carboxylic acids is 1. The van der Waals surface area contributed by atoms with Crippen molar-refractivity contribution in [3.8, 4) is 11.8 Å². The number of rotatable bonds is 1. The van der Waals surface area contributed by atoms with E-state index in [4.69, 9.17) is 5.11 Å². The van der Waals surface area contributed by atoms with Crippen molar-refractivity contribution in [3.05, 3.63) is 34.9 Å². The molecule has 1 aliphatic rings. The summed E-state index contributed by atoms with van der Waals surface area (Å²) in [7, 11) is 0. The summed E-state index contributed by atoms with van der Waals surface area (Å²) in [5, 5.41) is 8.70. The van der Waals surface area contributed by atoms with Gasteiger partial charge in [0, 0.05) is 24.2 Å². The summed E-state index contributed by atoms with van der Waals surface area (Å²) in [6, 6.07) is 5.57. The number of hydrogen-bond acceptors (Lipinski definition) is 2. The number of piperidine rings is 1. The van der Waals surface area contributed by atoms with E-state index in [9.17, 15) is 4.79 Å². The third-order valence-corrected chi connectivity index (χ3v) is 3.42. The van der Waals surface area contributed by atoms with Gasteiger partial charge in [-0.05, 0) is 49.9 Å². The molecular formula is C16H19NO2. The Balaban J connectivity index is 2.16. The van der Waals surface area contributed by atoms with Crippen LogP contribution in [0.3, 0.4) is 0 Å². The molecular weight excluding hydrogens is 238 g/mol. The largest absolute Gasteiger partial charge is 0.384 e. The maximum atomic E-state index is 12.3. The lowest BCUT2D eigenvalue weighted by Gasteiger charge is -2.26. The molecule has 0 aliphatic carbocycles. The van der Waals surface area contributed by atoms with Crippen molar-refractivity contribution in [2.45, 2.75) is 26.2 Å². The Morgan fingerprint density at radius 2 is 2.05 bits per heavy atom. The van der Waals surface area contributed by atoms with Gasteiger partial charge in [-0.15, -0.1) is 0 Å². The van der Waals surface area contributed by atoms with Gasteiger partial charge in [-0.1, -0.05) is 11.8 Å². The fourth-order valence-corrected chi connectivity index (χ4v) is 2.35. The predicted octanol–water partition coefficient (Wildman–Crippen LogP) is 1.96. The smallest absolute Gasteiger partial charge is 0.253 e. The standard InChI is InChI=1S/C16H19NO2/c1-13-12-15(8-7-14(13)6-5-11-18)16(19)17-9-3-2-4-10-17/h7-8,12,18H,2-4,9-11H2,1H3. The van der Waals surface area contributed by atoms with Gasteiger partial charge in [-0.3, -0.25) is 4.79 Å². The second kappa shape index (κ2) is 6.40. The summed E-state index contributed by atoms with van der Waals surface area (Å²) in [6.45, 7) is 3.52. The average molecular weight is 257 g/mol. The summed E-state index contributed by atoms with van der Waals surface area (Å²) in [4.78, 5) is 14.3. The van der Waals surface area contributed by atoms with Crippen molar-refractivity contribution in [2.75, 3.05) is 19.7 Å². The first-order chi connectivity index (χ1) is 9.22. The quantitative estimate of drug-likeness (QED) is 0.781. The van der Waals surface area contributed by atoms with Gasteiger partial charge >= 0.3 is 0 Å². The lowest BCUT2D eigenvalue weighted by atomic mass is 10.0. The van der Waals surface area contributed by atoms with Crippen LogP contribution in [0.1, 0.15) is 40.7 Å². The maximum Gasteiger partial charge on any atom is 0.253 e. The molecule has 0 atom stereocenters. The third-order valence-electron chi connectivity index (χ3n) is 3.42. The molecule has 1 fully saturated rings. The molecule has 0 radical (unpaired) electrons. The van der Waals surface area contributed by atoms with Gasteiger partial charge in [-0.2, -0.15) is 0 Å². The Kier molecular flexibility index (Phi) is 4.59. The highest BCUT2D eigenvalue weighted by Gasteiger charge is 2.18. The number of amides is 1. The lowest BCUT2D eigenvalue weighted by Crippen LogP contribution is -2.35. The van der Waals surface area contributed by atoms with Crippen LogP contribution in [0.2, 0.25) is 0 Å². The van der Waals surface area contributed by atoms with Crippen LogP contribution in [0.25, 0.3) is 0 Å². The molecule has 3 heteroatoms. The zero-order chi connectivity index (χ0) is 13.7. The summed E-state index contributed by atoms with van der Waals surface area (Å²) < 4.78 is 0. The molecule has 2 rings (SSSR count). The Labute approximate surface area is 114 Å². The summed E-state index contributed by atoms with van der Waals surface area (Å²) in [5.41, 5.74) is 2.57. The molecule has 19 heavy (non-hydrogen) atoms. The van der Waals surface area contributed by atoms with Gasteiger partial charge in [0.1, 0.15) is 6.61 Å². The minimum Gasteiger partial charge on any atom is -0.384 e. The zero-order valence-electron chi connectivity index (χ0n) is 11.3. The minimum atomic E-state index is -0.145.